The molecule has 1 fully saturated rings. The second-order valence-corrected chi connectivity index (χ2v) is 10.8. The molecule has 0 bridgehead atoms. The first kappa shape index (κ1) is 23.3. The number of hydrogen-bond donors (Lipinski definition) is 0. The molecule has 0 unspecified atom stereocenters. The maximum atomic E-state index is 14.2. The molecule has 40 heavy (non-hydrogen) atoms. The van der Waals surface area contributed by atoms with E-state index in [4.69, 9.17) is 25.8 Å². The van der Waals surface area contributed by atoms with Crippen LogP contribution in [0, 0.1) is 17.8 Å². The molecule has 4 atom stereocenters. The van der Waals surface area contributed by atoms with Crippen molar-refractivity contribution in [1.29, 1.82) is 0 Å². The lowest BCUT2D eigenvalue weighted by atomic mass is 9.64. The molecular weight excluding hydrogens is 530 g/mol. The SMILES string of the molecule is O=C1Oc2ccc3ccccc3c2C2=C[C@H](c3ccc4c(c3)OCO4)[C@@H]3C(=O)N(c4ccc(Cl)cc4)C(=O)[C@H]3[C@H]12. The van der Waals surface area contributed by atoms with Crippen LogP contribution in [0.1, 0.15) is 17.0 Å². The molecular formula is C32H20ClNO6. The van der Waals surface area contributed by atoms with Crippen LogP contribution in [0.4, 0.5) is 5.69 Å². The van der Waals surface area contributed by atoms with Gasteiger partial charge < -0.3 is 14.2 Å². The highest BCUT2D eigenvalue weighted by atomic mass is 35.5. The standard InChI is InChI=1S/C32H20ClNO6/c33-18-7-9-19(10-8-18)34-30(35)27-21(17-6-11-23-25(13-17)39-15-38-23)14-22-26-20-4-2-1-3-16(20)5-12-24(26)40-32(37)28(22)29(27)31(34)36/h1-14,21,27-29H,15H2/t21-,27+,28-,29-/m1/s1. The number of carbonyl (C=O) groups is 3. The van der Waals surface area contributed by atoms with E-state index in [0.717, 1.165) is 21.9 Å². The Morgan fingerprint density at radius 2 is 1.52 bits per heavy atom. The molecule has 3 aliphatic heterocycles. The Balaban J connectivity index is 1.36. The van der Waals surface area contributed by atoms with Crippen molar-refractivity contribution >= 4 is 51.4 Å². The molecule has 196 valence electrons. The van der Waals surface area contributed by atoms with Gasteiger partial charge in [-0.25, -0.2) is 4.90 Å². The Kier molecular flexibility index (Phi) is 4.91. The predicted octanol–water partition coefficient (Wildman–Crippen LogP) is 5.74. The molecule has 3 heterocycles. The summed E-state index contributed by atoms with van der Waals surface area (Å²) in [6.07, 6.45) is 1.98. The smallest absolute Gasteiger partial charge is 0.319 e. The fraction of sp³-hybridized carbons (Fsp3) is 0.156. The lowest BCUT2D eigenvalue weighted by Gasteiger charge is -2.38. The van der Waals surface area contributed by atoms with Crippen LogP contribution in [0.25, 0.3) is 16.3 Å². The van der Waals surface area contributed by atoms with Crippen molar-refractivity contribution < 1.29 is 28.6 Å². The minimum atomic E-state index is -0.946. The molecule has 7 nitrogen and oxygen atoms in total. The topological polar surface area (TPSA) is 82.1 Å². The van der Waals surface area contributed by atoms with Gasteiger partial charge in [0.05, 0.1) is 23.4 Å². The van der Waals surface area contributed by atoms with E-state index in [1.807, 2.05) is 54.6 Å². The van der Waals surface area contributed by atoms with Crippen LogP contribution in [0.3, 0.4) is 0 Å². The quantitative estimate of drug-likeness (QED) is 0.180. The third-order valence-corrected chi connectivity index (χ3v) is 8.60. The van der Waals surface area contributed by atoms with Gasteiger partial charge in [0.1, 0.15) is 5.75 Å². The van der Waals surface area contributed by atoms with Crippen molar-refractivity contribution in [2.75, 3.05) is 11.7 Å². The summed E-state index contributed by atoms with van der Waals surface area (Å²) in [7, 11) is 0. The molecule has 0 N–H and O–H groups in total. The number of benzene rings is 4. The van der Waals surface area contributed by atoms with Gasteiger partial charge in [0.15, 0.2) is 11.5 Å². The highest BCUT2D eigenvalue weighted by molar-refractivity contribution is 6.31. The average Bonchev–Trinajstić information content (AvgIpc) is 3.54. The number of esters is 1. The maximum absolute atomic E-state index is 14.2. The number of hydrogen-bond acceptors (Lipinski definition) is 6. The average molecular weight is 550 g/mol. The number of amides is 2. The Bertz CT molecular complexity index is 1810. The van der Waals surface area contributed by atoms with Crippen LogP contribution in [0.15, 0.2) is 84.9 Å². The molecule has 8 heteroatoms. The zero-order valence-corrected chi connectivity index (χ0v) is 21.6. The third-order valence-electron chi connectivity index (χ3n) is 8.35. The molecule has 1 aliphatic carbocycles. The zero-order valence-electron chi connectivity index (χ0n) is 20.9. The van der Waals surface area contributed by atoms with Gasteiger partial charge >= 0.3 is 5.97 Å². The number of imide groups is 1. The lowest BCUT2D eigenvalue weighted by molar-refractivity contribution is -0.142. The van der Waals surface area contributed by atoms with Crippen LogP contribution < -0.4 is 19.1 Å². The van der Waals surface area contributed by atoms with Crippen molar-refractivity contribution in [3.63, 3.8) is 0 Å². The second-order valence-electron chi connectivity index (χ2n) is 10.4. The van der Waals surface area contributed by atoms with E-state index >= 15 is 0 Å². The first-order valence-electron chi connectivity index (χ1n) is 13.0. The summed E-state index contributed by atoms with van der Waals surface area (Å²) in [4.78, 5) is 43.1. The van der Waals surface area contributed by atoms with E-state index in [0.29, 0.717) is 33.5 Å². The highest BCUT2D eigenvalue weighted by Crippen LogP contribution is 2.56. The summed E-state index contributed by atoms with van der Waals surface area (Å²) < 4.78 is 17.0. The van der Waals surface area contributed by atoms with Gasteiger partial charge in [-0.2, -0.15) is 0 Å². The molecule has 0 saturated carbocycles. The minimum Gasteiger partial charge on any atom is -0.454 e. The Morgan fingerprint density at radius 1 is 0.775 bits per heavy atom. The van der Waals surface area contributed by atoms with Crippen molar-refractivity contribution in [3.05, 3.63) is 101 Å². The van der Waals surface area contributed by atoms with Crippen LogP contribution in [0.5, 0.6) is 17.2 Å². The monoisotopic (exact) mass is 549 g/mol. The highest BCUT2D eigenvalue weighted by Gasteiger charge is 2.60. The van der Waals surface area contributed by atoms with Gasteiger partial charge in [0, 0.05) is 16.5 Å². The van der Waals surface area contributed by atoms with E-state index in [9.17, 15) is 14.4 Å². The summed E-state index contributed by atoms with van der Waals surface area (Å²) in [6, 6.07) is 23.7. The van der Waals surface area contributed by atoms with Crippen LogP contribution in [-0.2, 0) is 14.4 Å². The van der Waals surface area contributed by atoms with Crippen molar-refractivity contribution in [2.24, 2.45) is 17.8 Å². The molecule has 0 aromatic heterocycles. The number of ether oxygens (including phenoxy) is 3. The molecule has 4 aliphatic rings. The van der Waals surface area contributed by atoms with E-state index < -0.39 is 35.5 Å². The van der Waals surface area contributed by atoms with Crippen LogP contribution in [-0.4, -0.2) is 24.6 Å². The van der Waals surface area contributed by atoms with Gasteiger partial charge in [0.25, 0.3) is 0 Å². The fourth-order valence-corrected chi connectivity index (χ4v) is 6.75. The summed E-state index contributed by atoms with van der Waals surface area (Å²) in [5.74, 6) is -2.89. The fourth-order valence-electron chi connectivity index (χ4n) is 6.62. The summed E-state index contributed by atoms with van der Waals surface area (Å²) in [5, 5.41) is 2.39. The summed E-state index contributed by atoms with van der Waals surface area (Å²) >= 11 is 6.09. The van der Waals surface area contributed by atoms with Gasteiger partial charge in [-0.05, 0) is 64.4 Å². The number of fused-ring (bicyclic) bond motifs is 8. The predicted molar refractivity (Wildman–Crippen MR) is 147 cm³/mol. The van der Waals surface area contributed by atoms with Gasteiger partial charge in [-0.1, -0.05) is 54.1 Å². The largest absolute Gasteiger partial charge is 0.454 e. The summed E-state index contributed by atoms with van der Waals surface area (Å²) in [6.45, 7) is 0.117. The maximum Gasteiger partial charge on any atom is 0.319 e. The first-order chi connectivity index (χ1) is 19.5. The second kappa shape index (κ2) is 8.44. The molecule has 4 aromatic rings. The molecule has 8 rings (SSSR count). The lowest BCUT2D eigenvalue weighted by Crippen LogP contribution is -2.42. The molecule has 1 saturated heterocycles. The molecule has 0 spiro atoms. The number of carbonyl (C=O) groups excluding carboxylic acids is 3. The van der Waals surface area contributed by atoms with E-state index in [1.165, 1.54) is 4.90 Å². The number of anilines is 1. The van der Waals surface area contributed by atoms with Crippen LogP contribution >= 0.6 is 11.6 Å². The number of nitrogens with zero attached hydrogens (tertiary/aromatic N) is 1. The molecule has 4 aromatic carbocycles. The normalized spacial score (nSPS) is 24.4. The van der Waals surface area contributed by atoms with Crippen molar-refractivity contribution in [1.82, 2.24) is 0 Å². The third kappa shape index (κ3) is 3.21. The van der Waals surface area contributed by atoms with Gasteiger partial charge in [0.2, 0.25) is 18.6 Å². The number of halogens is 1. The van der Waals surface area contributed by atoms with E-state index in [1.54, 1.807) is 30.3 Å². The first-order valence-corrected chi connectivity index (χ1v) is 13.4. The number of allylic oxidation sites excluding steroid dienone is 1. The van der Waals surface area contributed by atoms with Crippen molar-refractivity contribution in [2.45, 2.75) is 5.92 Å². The van der Waals surface area contributed by atoms with Crippen molar-refractivity contribution in [3.8, 4) is 17.2 Å². The van der Waals surface area contributed by atoms with E-state index in [2.05, 4.69) is 0 Å². The molecule has 2 amide bonds. The Morgan fingerprint density at radius 3 is 2.38 bits per heavy atom. The van der Waals surface area contributed by atoms with Crippen LogP contribution in [0.2, 0.25) is 5.02 Å². The van der Waals surface area contributed by atoms with E-state index in [-0.39, 0.29) is 12.7 Å². The zero-order chi connectivity index (χ0) is 27.1. The Labute approximate surface area is 233 Å². The Hall–Kier alpha value is -4.62. The molecule has 0 radical (unpaired) electrons. The summed E-state index contributed by atoms with van der Waals surface area (Å²) in [5.41, 5.74) is 2.68. The number of rotatable bonds is 2. The minimum absolute atomic E-state index is 0.117. The van der Waals surface area contributed by atoms with Gasteiger partial charge in [-0.15, -0.1) is 0 Å². The van der Waals surface area contributed by atoms with Gasteiger partial charge in [-0.3, -0.25) is 14.4 Å².